The standard InChI is InChI=1S/C16H26N2O/c1-13(2)16(18-9-7-17-8-10-18)12-14-5-4-6-15(11-14)19-3/h4-6,11,13,16-17H,7-10,12H2,1-3H3. The van der Waals surface area contributed by atoms with Gasteiger partial charge in [-0.2, -0.15) is 0 Å². The van der Waals surface area contributed by atoms with E-state index >= 15 is 0 Å². The van der Waals surface area contributed by atoms with Crippen molar-refractivity contribution in [1.29, 1.82) is 0 Å². The smallest absolute Gasteiger partial charge is 0.119 e. The van der Waals surface area contributed by atoms with Crippen molar-refractivity contribution in [1.82, 2.24) is 10.2 Å². The van der Waals surface area contributed by atoms with Crippen LogP contribution in [-0.2, 0) is 6.42 Å². The summed E-state index contributed by atoms with van der Waals surface area (Å²) in [5.74, 6) is 1.63. The molecule has 0 aromatic heterocycles. The molecule has 19 heavy (non-hydrogen) atoms. The van der Waals surface area contributed by atoms with Gasteiger partial charge in [0.1, 0.15) is 5.75 Å². The fraction of sp³-hybridized carbons (Fsp3) is 0.625. The third kappa shape index (κ3) is 3.95. The van der Waals surface area contributed by atoms with Crippen molar-refractivity contribution in [2.24, 2.45) is 5.92 Å². The van der Waals surface area contributed by atoms with E-state index in [0.717, 1.165) is 38.3 Å². The fourth-order valence-electron chi connectivity index (χ4n) is 2.84. The van der Waals surface area contributed by atoms with Gasteiger partial charge < -0.3 is 10.1 Å². The minimum atomic E-state index is 0.620. The molecule has 1 N–H and O–H groups in total. The Hall–Kier alpha value is -1.06. The van der Waals surface area contributed by atoms with E-state index in [1.165, 1.54) is 5.56 Å². The molecule has 3 heteroatoms. The van der Waals surface area contributed by atoms with Crippen molar-refractivity contribution in [3.8, 4) is 5.75 Å². The Kier molecular flexibility index (Phi) is 5.23. The molecule has 106 valence electrons. The summed E-state index contributed by atoms with van der Waals surface area (Å²) in [6.45, 7) is 9.20. The minimum absolute atomic E-state index is 0.620. The lowest BCUT2D eigenvalue weighted by molar-refractivity contribution is 0.136. The van der Waals surface area contributed by atoms with E-state index < -0.39 is 0 Å². The van der Waals surface area contributed by atoms with Crippen LogP contribution in [0.3, 0.4) is 0 Å². The highest BCUT2D eigenvalue weighted by Crippen LogP contribution is 2.20. The second-order valence-corrected chi connectivity index (χ2v) is 5.65. The molecule has 3 nitrogen and oxygen atoms in total. The van der Waals surface area contributed by atoms with Crippen molar-refractivity contribution in [3.05, 3.63) is 29.8 Å². The Morgan fingerprint density at radius 2 is 2.00 bits per heavy atom. The molecule has 1 aliphatic rings. The lowest BCUT2D eigenvalue weighted by Gasteiger charge is -2.37. The number of ether oxygens (including phenoxy) is 1. The van der Waals surface area contributed by atoms with Gasteiger partial charge in [0, 0.05) is 32.2 Å². The summed E-state index contributed by atoms with van der Waals surface area (Å²) in [4.78, 5) is 2.63. The van der Waals surface area contributed by atoms with Crippen molar-refractivity contribution in [3.63, 3.8) is 0 Å². The van der Waals surface area contributed by atoms with Gasteiger partial charge in [-0.05, 0) is 30.0 Å². The van der Waals surface area contributed by atoms with Crippen molar-refractivity contribution >= 4 is 0 Å². The molecule has 0 saturated carbocycles. The molecule has 1 aliphatic heterocycles. The SMILES string of the molecule is COc1cccc(CC(C(C)C)N2CCNCC2)c1. The van der Waals surface area contributed by atoms with Crippen LogP contribution >= 0.6 is 0 Å². The van der Waals surface area contributed by atoms with E-state index in [0.29, 0.717) is 12.0 Å². The highest BCUT2D eigenvalue weighted by atomic mass is 16.5. The first kappa shape index (κ1) is 14.4. The van der Waals surface area contributed by atoms with Gasteiger partial charge >= 0.3 is 0 Å². The molecule has 2 rings (SSSR count). The molecule has 1 aromatic rings. The van der Waals surface area contributed by atoms with E-state index in [-0.39, 0.29) is 0 Å². The van der Waals surface area contributed by atoms with Crippen LogP contribution < -0.4 is 10.1 Å². The van der Waals surface area contributed by atoms with Crippen LogP contribution in [0.1, 0.15) is 19.4 Å². The molecule has 0 bridgehead atoms. The monoisotopic (exact) mass is 262 g/mol. The number of nitrogens with zero attached hydrogens (tertiary/aromatic N) is 1. The number of rotatable bonds is 5. The molecule has 1 saturated heterocycles. The average Bonchev–Trinajstić information content (AvgIpc) is 2.45. The van der Waals surface area contributed by atoms with Gasteiger partial charge in [0.15, 0.2) is 0 Å². The fourth-order valence-corrected chi connectivity index (χ4v) is 2.84. The van der Waals surface area contributed by atoms with Gasteiger partial charge in [-0.25, -0.2) is 0 Å². The van der Waals surface area contributed by atoms with E-state index in [1.807, 2.05) is 6.07 Å². The van der Waals surface area contributed by atoms with Crippen LogP contribution in [0.5, 0.6) is 5.75 Å². The van der Waals surface area contributed by atoms with Crippen molar-refractivity contribution < 1.29 is 4.74 Å². The summed E-state index contributed by atoms with van der Waals surface area (Å²) < 4.78 is 5.32. The number of piperazine rings is 1. The zero-order valence-corrected chi connectivity index (χ0v) is 12.4. The van der Waals surface area contributed by atoms with Gasteiger partial charge in [-0.3, -0.25) is 4.90 Å². The molecule has 1 atom stereocenters. The predicted molar refractivity (Wildman–Crippen MR) is 79.8 cm³/mol. The van der Waals surface area contributed by atoms with Gasteiger partial charge in [0.25, 0.3) is 0 Å². The average molecular weight is 262 g/mol. The van der Waals surface area contributed by atoms with Gasteiger partial charge in [-0.1, -0.05) is 26.0 Å². The minimum Gasteiger partial charge on any atom is -0.497 e. The molecule has 1 fully saturated rings. The van der Waals surface area contributed by atoms with Crippen LogP contribution in [-0.4, -0.2) is 44.2 Å². The molecule has 1 unspecified atom stereocenters. The maximum Gasteiger partial charge on any atom is 0.119 e. The zero-order valence-electron chi connectivity index (χ0n) is 12.4. The van der Waals surface area contributed by atoms with Gasteiger partial charge in [0.05, 0.1) is 7.11 Å². The van der Waals surface area contributed by atoms with Crippen LogP contribution in [0.4, 0.5) is 0 Å². The van der Waals surface area contributed by atoms with Crippen LogP contribution in [0.15, 0.2) is 24.3 Å². The topological polar surface area (TPSA) is 24.5 Å². The van der Waals surface area contributed by atoms with E-state index in [1.54, 1.807) is 7.11 Å². The Labute approximate surface area is 116 Å². The number of benzene rings is 1. The van der Waals surface area contributed by atoms with Crippen LogP contribution in [0, 0.1) is 5.92 Å². The molecule has 0 amide bonds. The molecule has 1 aromatic carbocycles. The number of nitrogens with one attached hydrogen (secondary N) is 1. The van der Waals surface area contributed by atoms with Gasteiger partial charge in [0.2, 0.25) is 0 Å². The van der Waals surface area contributed by atoms with Crippen molar-refractivity contribution in [2.75, 3.05) is 33.3 Å². The lowest BCUT2D eigenvalue weighted by atomic mass is 9.94. The first-order valence-corrected chi connectivity index (χ1v) is 7.28. The summed E-state index contributed by atoms with van der Waals surface area (Å²) >= 11 is 0. The third-order valence-corrected chi connectivity index (χ3v) is 3.97. The van der Waals surface area contributed by atoms with Crippen molar-refractivity contribution in [2.45, 2.75) is 26.3 Å². The normalized spacial score (nSPS) is 18.5. The van der Waals surface area contributed by atoms with Gasteiger partial charge in [-0.15, -0.1) is 0 Å². The second kappa shape index (κ2) is 6.92. The van der Waals surface area contributed by atoms with E-state index in [4.69, 9.17) is 4.74 Å². The van der Waals surface area contributed by atoms with E-state index in [2.05, 4.69) is 42.3 Å². The first-order chi connectivity index (χ1) is 9.20. The van der Waals surface area contributed by atoms with Crippen LogP contribution in [0.25, 0.3) is 0 Å². The maximum atomic E-state index is 5.32. The van der Waals surface area contributed by atoms with Crippen LogP contribution in [0.2, 0.25) is 0 Å². The second-order valence-electron chi connectivity index (χ2n) is 5.65. The highest BCUT2D eigenvalue weighted by molar-refractivity contribution is 5.29. The zero-order chi connectivity index (χ0) is 13.7. The third-order valence-electron chi connectivity index (χ3n) is 3.97. The molecular weight excluding hydrogens is 236 g/mol. The predicted octanol–water partition coefficient (Wildman–Crippen LogP) is 2.17. The molecule has 1 heterocycles. The molecule has 0 radical (unpaired) electrons. The summed E-state index contributed by atoms with van der Waals surface area (Å²) in [7, 11) is 1.73. The lowest BCUT2D eigenvalue weighted by Crippen LogP contribution is -2.50. The summed E-state index contributed by atoms with van der Waals surface area (Å²) in [5, 5.41) is 3.43. The number of hydrogen-bond acceptors (Lipinski definition) is 3. The number of methoxy groups -OCH3 is 1. The summed E-state index contributed by atoms with van der Waals surface area (Å²) in [5.41, 5.74) is 1.37. The number of hydrogen-bond donors (Lipinski definition) is 1. The Balaban J connectivity index is 2.06. The van der Waals surface area contributed by atoms with E-state index in [9.17, 15) is 0 Å². The molecule has 0 spiro atoms. The summed E-state index contributed by atoms with van der Waals surface area (Å²) in [6.07, 6.45) is 1.11. The first-order valence-electron chi connectivity index (χ1n) is 7.28. The molecular formula is C16H26N2O. The Bertz CT molecular complexity index is 386. The Morgan fingerprint density at radius 1 is 1.26 bits per heavy atom. The quantitative estimate of drug-likeness (QED) is 0.880. The molecule has 0 aliphatic carbocycles. The largest absolute Gasteiger partial charge is 0.497 e. The maximum absolute atomic E-state index is 5.32. The highest BCUT2D eigenvalue weighted by Gasteiger charge is 2.23. The summed E-state index contributed by atoms with van der Waals surface area (Å²) in [6, 6.07) is 9.09. The Morgan fingerprint density at radius 3 is 2.63 bits per heavy atom.